The Morgan fingerprint density at radius 2 is 1.68 bits per heavy atom. The molecule has 1 heteroatoms. The molecule has 0 heterocycles. The zero-order valence-corrected chi connectivity index (χ0v) is 13.7. The second-order valence-electron chi connectivity index (χ2n) is 7.81. The van der Waals surface area contributed by atoms with Crippen LogP contribution in [0.2, 0.25) is 0 Å². The molecule has 1 aromatic carbocycles. The van der Waals surface area contributed by atoms with Crippen LogP contribution in [-0.4, -0.2) is 6.10 Å². The lowest BCUT2D eigenvalue weighted by molar-refractivity contribution is 0.186. The van der Waals surface area contributed by atoms with Gasteiger partial charge in [-0.2, -0.15) is 0 Å². The largest absolute Gasteiger partial charge is 0.491 e. The third kappa shape index (κ3) is 6.13. The summed E-state index contributed by atoms with van der Waals surface area (Å²) in [4.78, 5) is 0. The minimum atomic E-state index is 0.175. The molecule has 19 heavy (non-hydrogen) atoms. The molecule has 108 valence electrons. The summed E-state index contributed by atoms with van der Waals surface area (Å²) in [6.45, 7) is 15.7. The first-order valence-corrected chi connectivity index (χ1v) is 7.35. The van der Waals surface area contributed by atoms with Crippen molar-refractivity contribution in [2.24, 2.45) is 5.41 Å². The van der Waals surface area contributed by atoms with E-state index in [1.165, 1.54) is 12.0 Å². The van der Waals surface area contributed by atoms with Crippen molar-refractivity contribution >= 4 is 0 Å². The average Bonchev–Trinajstić information content (AvgIpc) is 2.25. The molecule has 1 atom stereocenters. The predicted molar refractivity (Wildman–Crippen MR) is 83.9 cm³/mol. The number of hydrogen-bond acceptors (Lipinski definition) is 1. The summed E-state index contributed by atoms with van der Waals surface area (Å²) in [5.74, 6) is 0.994. The highest BCUT2D eigenvalue weighted by atomic mass is 16.5. The Balaban J connectivity index is 2.62. The molecule has 0 unspecified atom stereocenters. The van der Waals surface area contributed by atoms with Gasteiger partial charge in [0.25, 0.3) is 0 Å². The van der Waals surface area contributed by atoms with Gasteiger partial charge in [0.05, 0.1) is 6.10 Å². The Morgan fingerprint density at radius 1 is 1.05 bits per heavy atom. The Bertz CT molecular complexity index is 393. The molecule has 0 saturated carbocycles. The summed E-state index contributed by atoms with van der Waals surface area (Å²) in [5, 5.41) is 0. The Morgan fingerprint density at radius 3 is 2.21 bits per heavy atom. The molecule has 0 aliphatic carbocycles. The maximum atomic E-state index is 6.05. The second-order valence-corrected chi connectivity index (χ2v) is 7.81. The molecule has 0 bridgehead atoms. The number of ether oxygens (including phenoxy) is 1. The van der Waals surface area contributed by atoms with E-state index in [-0.39, 0.29) is 11.5 Å². The maximum Gasteiger partial charge on any atom is 0.119 e. The van der Waals surface area contributed by atoms with E-state index in [1.54, 1.807) is 0 Å². The fourth-order valence-electron chi connectivity index (χ4n) is 1.96. The van der Waals surface area contributed by atoms with E-state index in [9.17, 15) is 0 Å². The van der Waals surface area contributed by atoms with Crippen LogP contribution >= 0.6 is 0 Å². The second kappa shape index (κ2) is 5.98. The zero-order valence-electron chi connectivity index (χ0n) is 13.7. The molecular weight excluding hydrogens is 232 g/mol. The average molecular weight is 262 g/mol. The lowest BCUT2D eigenvalue weighted by Crippen LogP contribution is -2.17. The molecule has 0 radical (unpaired) electrons. The van der Waals surface area contributed by atoms with Gasteiger partial charge in [0.15, 0.2) is 0 Å². The van der Waals surface area contributed by atoms with Crippen LogP contribution in [0.3, 0.4) is 0 Å². The normalized spacial score (nSPS) is 14.3. The van der Waals surface area contributed by atoms with Gasteiger partial charge >= 0.3 is 0 Å². The van der Waals surface area contributed by atoms with Gasteiger partial charge in [0.1, 0.15) is 5.75 Å². The molecule has 0 aromatic heterocycles. The molecule has 1 rings (SSSR count). The van der Waals surface area contributed by atoms with E-state index in [1.807, 2.05) is 0 Å². The number of hydrogen-bond donors (Lipinski definition) is 0. The minimum absolute atomic E-state index is 0.175. The molecular formula is C18H30O. The highest BCUT2D eigenvalue weighted by Gasteiger charge is 2.16. The highest BCUT2D eigenvalue weighted by Crippen LogP contribution is 2.27. The third-order valence-electron chi connectivity index (χ3n) is 3.34. The van der Waals surface area contributed by atoms with Crippen molar-refractivity contribution in [2.75, 3.05) is 0 Å². The van der Waals surface area contributed by atoms with E-state index >= 15 is 0 Å². The van der Waals surface area contributed by atoms with Gasteiger partial charge < -0.3 is 4.74 Å². The first kappa shape index (κ1) is 16.1. The van der Waals surface area contributed by atoms with Gasteiger partial charge in [-0.3, -0.25) is 0 Å². The van der Waals surface area contributed by atoms with Crippen LogP contribution in [0.1, 0.15) is 66.9 Å². The first-order chi connectivity index (χ1) is 8.58. The van der Waals surface area contributed by atoms with Crippen LogP contribution in [0, 0.1) is 5.41 Å². The van der Waals surface area contributed by atoms with Crippen molar-refractivity contribution in [1.29, 1.82) is 0 Å². The van der Waals surface area contributed by atoms with Crippen LogP contribution in [0.5, 0.6) is 5.75 Å². The third-order valence-corrected chi connectivity index (χ3v) is 3.34. The van der Waals surface area contributed by atoms with Crippen molar-refractivity contribution in [3.05, 3.63) is 29.8 Å². The molecule has 0 fully saturated rings. The van der Waals surface area contributed by atoms with Gasteiger partial charge in [-0.1, -0.05) is 53.7 Å². The van der Waals surface area contributed by atoms with Crippen molar-refractivity contribution in [3.8, 4) is 5.75 Å². The molecule has 0 saturated heterocycles. The van der Waals surface area contributed by atoms with Crippen LogP contribution in [0.4, 0.5) is 0 Å². The number of benzene rings is 1. The van der Waals surface area contributed by atoms with Crippen molar-refractivity contribution in [3.63, 3.8) is 0 Å². The lowest BCUT2D eigenvalue weighted by Gasteiger charge is -2.23. The topological polar surface area (TPSA) is 9.23 Å². The molecule has 1 aromatic rings. The van der Waals surface area contributed by atoms with Gasteiger partial charge in [-0.05, 0) is 48.3 Å². The van der Waals surface area contributed by atoms with Gasteiger partial charge in [-0.25, -0.2) is 0 Å². The van der Waals surface area contributed by atoms with E-state index in [4.69, 9.17) is 4.74 Å². The fourth-order valence-corrected chi connectivity index (χ4v) is 1.96. The van der Waals surface area contributed by atoms with E-state index < -0.39 is 0 Å². The first-order valence-electron chi connectivity index (χ1n) is 7.35. The van der Waals surface area contributed by atoms with Gasteiger partial charge in [0.2, 0.25) is 0 Å². The molecule has 1 nitrogen and oxygen atoms in total. The van der Waals surface area contributed by atoms with Crippen LogP contribution < -0.4 is 4.74 Å². The monoisotopic (exact) mass is 262 g/mol. The van der Waals surface area contributed by atoms with Crippen LogP contribution in [0.25, 0.3) is 0 Å². The summed E-state index contributed by atoms with van der Waals surface area (Å²) in [6, 6.07) is 8.50. The molecule has 0 amide bonds. The molecule has 0 aliphatic rings. The minimum Gasteiger partial charge on any atom is -0.491 e. The SMILES string of the molecule is C[C@@H](CCC(C)(C)C)Oc1cccc(C(C)(C)C)c1. The summed E-state index contributed by atoms with van der Waals surface area (Å²) in [7, 11) is 0. The molecule has 0 spiro atoms. The van der Waals surface area contributed by atoms with Gasteiger partial charge in [0, 0.05) is 0 Å². The standard InChI is InChI=1S/C18H30O/c1-14(11-12-17(2,3)4)19-16-10-8-9-15(13-16)18(5,6)7/h8-10,13-14H,11-12H2,1-7H3/t14-/m0/s1. The van der Waals surface area contributed by atoms with Crippen molar-refractivity contribution < 1.29 is 4.74 Å². The van der Waals surface area contributed by atoms with Gasteiger partial charge in [-0.15, -0.1) is 0 Å². The Kier molecular flexibility index (Phi) is 5.06. The van der Waals surface area contributed by atoms with E-state index in [0.29, 0.717) is 5.41 Å². The summed E-state index contributed by atoms with van der Waals surface area (Å²) >= 11 is 0. The Hall–Kier alpha value is -0.980. The molecule has 0 N–H and O–H groups in total. The summed E-state index contributed by atoms with van der Waals surface area (Å²) < 4.78 is 6.05. The fraction of sp³-hybridized carbons (Fsp3) is 0.667. The Labute approximate surface area is 119 Å². The van der Waals surface area contributed by atoms with Crippen LogP contribution in [-0.2, 0) is 5.41 Å². The smallest absolute Gasteiger partial charge is 0.119 e. The predicted octanol–water partition coefficient (Wildman–Crippen LogP) is 5.58. The quantitative estimate of drug-likeness (QED) is 0.688. The van der Waals surface area contributed by atoms with Crippen molar-refractivity contribution in [1.82, 2.24) is 0 Å². The zero-order chi connectivity index (χ0) is 14.7. The highest BCUT2D eigenvalue weighted by molar-refractivity contribution is 5.32. The van der Waals surface area contributed by atoms with E-state index in [0.717, 1.165) is 12.2 Å². The van der Waals surface area contributed by atoms with E-state index in [2.05, 4.69) is 72.7 Å². The summed E-state index contributed by atoms with van der Waals surface area (Å²) in [6.07, 6.45) is 2.56. The lowest BCUT2D eigenvalue weighted by atomic mass is 9.87. The molecule has 0 aliphatic heterocycles. The summed E-state index contributed by atoms with van der Waals surface area (Å²) in [5.41, 5.74) is 1.88. The maximum absolute atomic E-state index is 6.05. The number of rotatable bonds is 4. The van der Waals surface area contributed by atoms with Crippen LogP contribution in [0.15, 0.2) is 24.3 Å². The van der Waals surface area contributed by atoms with Crippen molar-refractivity contribution in [2.45, 2.75) is 72.8 Å².